The summed E-state index contributed by atoms with van der Waals surface area (Å²) in [5.74, 6) is 1.75. The van der Waals surface area contributed by atoms with Crippen LogP contribution < -0.4 is 5.32 Å². The standard InChI is InChI=1S/C20H20ClN3O2S/c1-13-6-3-4-9-17(13)14(2)22-18(25)11-27-12-19-23-20(24-26-19)15-7-5-8-16(21)10-15/h3-10,14H,11-12H2,1-2H3,(H,22,25)/t14-/m0/s1. The van der Waals surface area contributed by atoms with Crippen LogP contribution in [0, 0.1) is 6.92 Å². The Morgan fingerprint density at radius 2 is 2.07 bits per heavy atom. The van der Waals surface area contributed by atoms with Crippen LogP contribution in [0.1, 0.15) is 30.0 Å². The lowest BCUT2D eigenvalue weighted by molar-refractivity contribution is -0.119. The van der Waals surface area contributed by atoms with E-state index < -0.39 is 0 Å². The van der Waals surface area contributed by atoms with Crippen molar-refractivity contribution >= 4 is 29.3 Å². The van der Waals surface area contributed by atoms with E-state index in [-0.39, 0.29) is 11.9 Å². The van der Waals surface area contributed by atoms with Gasteiger partial charge in [-0.25, -0.2) is 0 Å². The second-order valence-electron chi connectivity index (χ2n) is 6.16. The fourth-order valence-electron chi connectivity index (χ4n) is 2.72. The number of amides is 1. The van der Waals surface area contributed by atoms with Gasteiger partial charge in [-0.1, -0.05) is 53.2 Å². The molecule has 3 rings (SSSR count). The molecule has 0 saturated carbocycles. The third-order valence-corrected chi connectivity index (χ3v) is 5.19. The Bertz CT molecular complexity index is 929. The number of aromatic nitrogens is 2. The Labute approximate surface area is 167 Å². The van der Waals surface area contributed by atoms with Crippen molar-refractivity contribution in [2.75, 3.05) is 5.75 Å². The second-order valence-corrected chi connectivity index (χ2v) is 7.58. The lowest BCUT2D eigenvalue weighted by Gasteiger charge is -2.16. The molecular weight excluding hydrogens is 382 g/mol. The van der Waals surface area contributed by atoms with Crippen LogP contribution in [-0.2, 0) is 10.5 Å². The van der Waals surface area contributed by atoms with Gasteiger partial charge in [0, 0.05) is 10.6 Å². The predicted octanol–water partition coefficient (Wildman–Crippen LogP) is 4.81. The summed E-state index contributed by atoms with van der Waals surface area (Å²) in [7, 11) is 0. The number of aryl methyl sites for hydroxylation is 1. The highest BCUT2D eigenvalue weighted by Crippen LogP contribution is 2.21. The minimum atomic E-state index is -0.0304. The number of nitrogens with zero attached hydrogens (tertiary/aromatic N) is 2. The average Bonchev–Trinajstić information content (AvgIpc) is 3.11. The number of carbonyl (C=O) groups is 1. The van der Waals surface area contributed by atoms with Gasteiger partial charge in [-0.05, 0) is 37.1 Å². The lowest BCUT2D eigenvalue weighted by atomic mass is 10.0. The predicted molar refractivity (Wildman–Crippen MR) is 109 cm³/mol. The zero-order valence-electron chi connectivity index (χ0n) is 15.1. The smallest absolute Gasteiger partial charge is 0.236 e. The summed E-state index contributed by atoms with van der Waals surface area (Å²) in [4.78, 5) is 16.5. The Balaban J connectivity index is 1.48. The molecule has 5 nitrogen and oxygen atoms in total. The summed E-state index contributed by atoms with van der Waals surface area (Å²) in [6.45, 7) is 4.03. The lowest BCUT2D eigenvalue weighted by Crippen LogP contribution is -2.28. The molecule has 140 valence electrons. The molecular formula is C20H20ClN3O2S. The Kier molecular flexibility index (Phi) is 6.53. The molecule has 1 atom stereocenters. The van der Waals surface area contributed by atoms with Gasteiger partial charge in [0.1, 0.15) is 0 Å². The first-order chi connectivity index (χ1) is 13.0. The summed E-state index contributed by atoms with van der Waals surface area (Å²) < 4.78 is 5.25. The van der Waals surface area contributed by atoms with E-state index in [2.05, 4.69) is 15.5 Å². The highest BCUT2D eigenvalue weighted by atomic mass is 35.5. The maximum absolute atomic E-state index is 12.2. The number of thioether (sulfide) groups is 1. The van der Waals surface area contributed by atoms with E-state index >= 15 is 0 Å². The molecule has 1 heterocycles. The van der Waals surface area contributed by atoms with Crippen LogP contribution in [-0.4, -0.2) is 21.8 Å². The van der Waals surface area contributed by atoms with Gasteiger partial charge < -0.3 is 9.84 Å². The quantitative estimate of drug-likeness (QED) is 0.615. The van der Waals surface area contributed by atoms with Crippen LogP contribution >= 0.6 is 23.4 Å². The van der Waals surface area contributed by atoms with Gasteiger partial charge in [0.15, 0.2) is 0 Å². The second kappa shape index (κ2) is 9.06. The van der Waals surface area contributed by atoms with Crippen molar-refractivity contribution in [2.24, 2.45) is 0 Å². The number of hydrogen-bond donors (Lipinski definition) is 1. The molecule has 1 N–H and O–H groups in total. The SMILES string of the molecule is Cc1ccccc1[C@H](C)NC(=O)CSCc1nc(-c2cccc(Cl)c2)no1. The van der Waals surface area contributed by atoms with Crippen molar-refractivity contribution in [3.05, 3.63) is 70.6 Å². The molecule has 0 bridgehead atoms. The van der Waals surface area contributed by atoms with E-state index in [0.717, 1.165) is 16.7 Å². The van der Waals surface area contributed by atoms with Gasteiger partial charge in [0.25, 0.3) is 0 Å². The van der Waals surface area contributed by atoms with Crippen LogP contribution in [0.2, 0.25) is 5.02 Å². The van der Waals surface area contributed by atoms with Crippen molar-refractivity contribution in [3.63, 3.8) is 0 Å². The summed E-state index contributed by atoms with van der Waals surface area (Å²) in [5, 5.41) is 7.60. The third-order valence-electron chi connectivity index (χ3n) is 4.04. The first-order valence-corrected chi connectivity index (χ1v) is 10.1. The van der Waals surface area contributed by atoms with E-state index in [9.17, 15) is 4.79 Å². The number of benzene rings is 2. The number of nitrogens with one attached hydrogen (secondary N) is 1. The molecule has 7 heteroatoms. The Morgan fingerprint density at radius 1 is 1.26 bits per heavy atom. The maximum atomic E-state index is 12.2. The molecule has 2 aromatic carbocycles. The molecule has 0 aliphatic heterocycles. The first kappa shape index (κ1) is 19.5. The van der Waals surface area contributed by atoms with E-state index in [4.69, 9.17) is 16.1 Å². The molecule has 0 radical (unpaired) electrons. The largest absolute Gasteiger partial charge is 0.349 e. The van der Waals surface area contributed by atoms with E-state index in [0.29, 0.717) is 28.2 Å². The molecule has 0 aliphatic carbocycles. The van der Waals surface area contributed by atoms with E-state index in [1.807, 2.05) is 50.2 Å². The summed E-state index contributed by atoms with van der Waals surface area (Å²) in [5.41, 5.74) is 3.09. The molecule has 0 aliphatic rings. The molecule has 0 fully saturated rings. The summed E-state index contributed by atoms with van der Waals surface area (Å²) in [6.07, 6.45) is 0. The van der Waals surface area contributed by atoms with Crippen molar-refractivity contribution < 1.29 is 9.32 Å². The van der Waals surface area contributed by atoms with Crippen molar-refractivity contribution in [3.8, 4) is 11.4 Å². The monoisotopic (exact) mass is 401 g/mol. The number of carbonyl (C=O) groups excluding carboxylic acids is 1. The molecule has 1 amide bonds. The van der Waals surface area contributed by atoms with Crippen LogP contribution in [0.15, 0.2) is 53.1 Å². The zero-order valence-corrected chi connectivity index (χ0v) is 16.7. The molecule has 0 spiro atoms. The number of rotatable bonds is 7. The highest BCUT2D eigenvalue weighted by Gasteiger charge is 2.13. The van der Waals surface area contributed by atoms with Crippen LogP contribution in [0.5, 0.6) is 0 Å². The zero-order chi connectivity index (χ0) is 19.2. The molecule has 0 saturated heterocycles. The van der Waals surface area contributed by atoms with Gasteiger partial charge in [-0.15, -0.1) is 11.8 Å². The topological polar surface area (TPSA) is 68.0 Å². The fraction of sp³-hybridized carbons (Fsp3) is 0.250. The van der Waals surface area contributed by atoms with Crippen molar-refractivity contribution in [1.29, 1.82) is 0 Å². The van der Waals surface area contributed by atoms with Gasteiger partial charge in [0.2, 0.25) is 17.6 Å². The Morgan fingerprint density at radius 3 is 2.85 bits per heavy atom. The fourth-order valence-corrected chi connectivity index (χ4v) is 3.58. The van der Waals surface area contributed by atoms with Gasteiger partial charge >= 0.3 is 0 Å². The van der Waals surface area contributed by atoms with Gasteiger partial charge in [0.05, 0.1) is 17.5 Å². The summed E-state index contributed by atoms with van der Waals surface area (Å²) in [6, 6.07) is 15.3. The average molecular weight is 402 g/mol. The van der Waals surface area contributed by atoms with Gasteiger partial charge in [-0.2, -0.15) is 4.98 Å². The minimum Gasteiger partial charge on any atom is -0.349 e. The van der Waals surface area contributed by atoms with Crippen LogP contribution in [0.4, 0.5) is 0 Å². The van der Waals surface area contributed by atoms with Crippen LogP contribution in [0.3, 0.4) is 0 Å². The van der Waals surface area contributed by atoms with E-state index in [1.165, 1.54) is 11.8 Å². The number of halogens is 1. The molecule has 1 aromatic heterocycles. The first-order valence-electron chi connectivity index (χ1n) is 8.54. The minimum absolute atomic E-state index is 0.0228. The molecule has 0 unspecified atom stereocenters. The van der Waals surface area contributed by atoms with E-state index in [1.54, 1.807) is 12.1 Å². The maximum Gasteiger partial charge on any atom is 0.236 e. The van der Waals surface area contributed by atoms with Gasteiger partial charge in [-0.3, -0.25) is 4.79 Å². The highest BCUT2D eigenvalue weighted by molar-refractivity contribution is 7.99. The molecule has 27 heavy (non-hydrogen) atoms. The molecule has 3 aromatic rings. The number of hydrogen-bond acceptors (Lipinski definition) is 5. The third kappa shape index (κ3) is 5.34. The normalized spacial score (nSPS) is 12.0. The summed E-state index contributed by atoms with van der Waals surface area (Å²) >= 11 is 7.41. The Hall–Kier alpha value is -2.31. The van der Waals surface area contributed by atoms with Crippen LogP contribution in [0.25, 0.3) is 11.4 Å². The van der Waals surface area contributed by atoms with Crippen molar-refractivity contribution in [2.45, 2.75) is 25.6 Å². The van der Waals surface area contributed by atoms with Crippen molar-refractivity contribution in [1.82, 2.24) is 15.5 Å².